The molecule has 1 N–H and O–H groups in total. The number of fused-ring (bicyclic) bond motifs is 1. The van der Waals surface area contributed by atoms with Crippen molar-refractivity contribution in [2.45, 2.75) is 26.8 Å². The van der Waals surface area contributed by atoms with E-state index in [1.165, 1.54) is 11.8 Å². The van der Waals surface area contributed by atoms with Crippen molar-refractivity contribution < 1.29 is 13.9 Å². The molecule has 1 amide bonds. The van der Waals surface area contributed by atoms with Gasteiger partial charge < -0.3 is 14.5 Å². The van der Waals surface area contributed by atoms with Crippen LogP contribution in [0.25, 0.3) is 22.6 Å². The molecule has 0 aliphatic rings. The summed E-state index contributed by atoms with van der Waals surface area (Å²) in [6.07, 6.45) is 3.08. The fourth-order valence-corrected chi connectivity index (χ4v) is 3.33. The number of aryl methyl sites for hydroxylation is 3. The average Bonchev–Trinajstić information content (AvgIpc) is 3.35. The van der Waals surface area contributed by atoms with E-state index < -0.39 is 0 Å². The normalized spacial score (nSPS) is 12.1. The van der Waals surface area contributed by atoms with Crippen molar-refractivity contribution >= 4 is 16.9 Å². The summed E-state index contributed by atoms with van der Waals surface area (Å²) in [5.74, 6) is 0.580. The molecule has 0 unspecified atom stereocenters. The highest BCUT2D eigenvalue weighted by molar-refractivity contribution is 5.92. The lowest BCUT2D eigenvalue weighted by atomic mass is 10.1. The van der Waals surface area contributed by atoms with Crippen LogP contribution in [0.4, 0.5) is 0 Å². The Morgan fingerprint density at radius 3 is 2.73 bits per heavy atom. The van der Waals surface area contributed by atoms with Crippen LogP contribution < -0.4 is 10.1 Å². The molecular formula is C22H23N5O3. The second-order valence-electron chi connectivity index (χ2n) is 7.27. The molecule has 8 nitrogen and oxygen atoms in total. The standard InChI is InChI=1S/C22H23N5O3/c1-13-5-7-16(8-6-13)15(3)24-17(28)12-30-18-11-14(2)19-20(22-23-9-10-29-22)26-27(4)21(19)25-18/h5-11,15H,12H2,1-4H3,(H,24,28)/t15-/m0/s1. The Morgan fingerprint density at radius 1 is 1.27 bits per heavy atom. The van der Waals surface area contributed by atoms with E-state index in [1.807, 2.05) is 45.0 Å². The van der Waals surface area contributed by atoms with Gasteiger partial charge in [-0.1, -0.05) is 29.8 Å². The van der Waals surface area contributed by atoms with Gasteiger partial charge in [0.25, 0.3) is 5.91 Å². The zero-order valence-electron chi connectivity index (χ0n) is 17.3. The van der Waals surface area contributed by atoms with Crippen LogP contribution >= 0.6 is 0 Å². The highest BCUT2D eigenvalue weighted by Crippen LogP contribution is 2.30. The molecule has 1 atom stereocenters. The minimum Gasteiger partial charge on any atom is -0.468 e. The molecule has 0 radical (unpaired) electrons. The summed E-state index contributed by atoms with van der Waals surface area (Å²) in [5, 5.41) is 8.25. The van der Waals surface area contributed by atoms with Gasteiger partial charge in [-0.15, -0.1) is 0 Å². The Kier molecular flexibility index (Phi) is 5.22. The predicted octanol–water partition coefficient (Wildman–Crippen LogP) is 3.50. The van der Waals surface area contributed by atoms with Gasteiger partial charge in [0, 0.05) is 13.1 Å². The Balaban J connectivity index is 1.47. The van der Waals surface area contributed by atoms with E-state index in [-0.39, 0.29) is 18.6 Å². The van der Waals surface area contributed by atoms with Crippen LogP contribution in [0.5, 0.6) is 5.88 Å². The van der Waals surface area contributed by atoms with E-state index in [0.29, 0.717) is 23.1 Å². The second-order valence-corrected chi connectivity index (χ2v) is 7.27. The summed E-state index contributed by atoms with van der Waals surface area (Å²) in [6, 6.07) is 9.74. The highest BCUT2D eigenvalue weighted by atomic mass is 16.5. The molecule has 0 fully saturated rings. The number of carbonyl (C=O) groups excluding carboxylic acids is 1. The van der Waals surface area contributed by atoms with Gasteiger partial charge in [0.1, 0.15) is 6.26 Å². The lowest BCUT2D eigenvalue weighted by Crippen LogP contribution is -2.31. The molecule has 154 valence electrons. The quantitative estimate of drug-likeness (QED) is 0.528. The van der Waals surface area contributed by atoms with E-state index in [4.69, 9.17) is 9.15 Å². The van der Waals surface area contributed by atoms with Gasteiger partial charge in [-0.05, 0) is 31.9 Å². The van der Waals surface area contributed by atoms with Gasteiger partial charge in [-0.2, -0.15) is 10.1 Å². The molecule has 8 heteroatoms. The van der Waals surface area contributed by atoms with E-state index >= 15 is 0 Å². The van der Waals surface area contributed by atoms with Crippen molar-refractivity contribution in [3.05, 3.63) is 59.5 Å². The van der Waals surface area contributed by atoms with Gasteiger partial charge in [0.05, 0.1) is 17.6 Å². The zero-order chi connectivity index (χ0) is 21.3. The third-order valence-electron chi connectivity index (χ3n) is 4.91. The summed E-state index contributed by atoms with van der Waals surface area (Å²) in [4.78, 5) is 21.0. The molecule has 0 aliphatic heterocycles. The van der Waals surface area contributed by atoms with Crippen molar-refractivity contribution in [2.24, 2.45) is 7.05 Å². The maximum atomic E-state index is 12.3. The number of aromatic nitrogens is 4. The molecule has 1 aromatic carbocycles. The van der Waals surface area contributed by atoms with Gasteiger partial charge >= 0.3 is 0 Å². The summed E-state index contributed by atoms with van der Waals surface area (Å²) in [5.41, 5.74) is 4.38. The Morgan fingerprint density at radius 2 is 2.03 bits per heavy atom. The van der Waals surface area contributed by atoms with Crippen molar-refractivity contribution in [3.8, 4) is 17.5 Å². The van der Waals surface area contributed by atoms with Crippen molar-refractivity contribution in [1.82, 2.24) is 25.1 Å². The smallest absolute Gasteiger partial charge is 0.258 e. The molecule has 4 rings (SSSR count). The maximum Gasteiger partial charge on any atom is 0.258 e. The number of oxazole rings is 1. The monoisotopic (exact) mass is 405 g/mol. The Labute approximate surface area is 173 Å². The summed E-state index contributed by atoms with van der Waals surface area (Å²) < 4.78 is 12.7. The molecule has 3 heterocycles. The summed E-state index contributed by atoms with van der Waals surface area (Å²) >= 11 is 0. The van der Waals surface area contributed by atoms with Crippen molar-refractivity contribution in [2.75, 3.05) is 6.61 Å². The predicted molar refractivity (Wildman–Crippen MR) is 112 cm³/mol. The van der Waals surface area contributed by atoms with Crippen LogP contribution in [0.2, 0.25) is 0 Å². The third kappa shape index (κ3) is 3.89. The number of nitrogens with zero attached hydrogens (tertiary/aromatic N) is 4. The van der Waals surface area contributed by atoms with Crippen LogP contribution in [0.1, 0.15) is 29.7 Å². The van der Waals surface area contributed by atoms with Crippen molar-refractivity contribution in [1.29, 1.82) is 0 Å². The molecule has 4 aromatic rings. The average molecular weight is 405 g/mol. The van der Waals surface area contributed by atoms with Gasteiger partial charge in [0.15, 0.2) is 17.9 Å². The minimum absolute atomic E-state index is 0.112. The largest absolute Gasteiger partial charge is 0.468 e. The molecular weight excluding hydrogens is 382 g/mol. The Hall–Kier alpha value is -3.68. The van der Waals surface area contributed by atoms with Gasteiger partial charge in [0.2, 0.25) is 11.8 Å². The summed E-state index contributed by atoms with van der Waals surface area (Å²) in [7, 11) is 1.79. The molecule has 30 heavy (non-hydrogen) atoms. The number of amides is 1. The second kappa shape index (κ2) is 7.98. The summed E-state index contributed by atoms with van der Waals surface area (Å²) in [6.45, 7) is 5.78. The van der Waals surface area contributed by atoms with E-state index in [1.54, 1.807) is 24.0 Å². The first-order valence-corrected chi connectivity index (χ1v) is 9.65. The number of hydrogen-bond acceptors (Lipinski definition) is 6. The first-order valence-electron chi connectivity index (χ1n) is 9.65. The number of ether oxygens (including phenoxy) is 1. The SMILES string of the molecule is Cc1ccc([C@H](C)NC(=O)COc2cc(C)c3c(-c4ncco4)nn(C)c3n2)cc1. The van der Waals surface area contributed by atoms with Crippen LogP contribution in [-0.2, 0) is 11.8 Å². The van der Waals surface area contributed by atoms with E-state index in [2.05, 4.69) is 20.4 Å². The van der Waals surface area contributed by atoms with Crippen LogP contribution in [0.3, 0.4) is 0 Å². The number of rotatable bonds is 6. The number of carbonyl (C=O) groups is 1. The number of hydrogen-bond donors (Lipinski definition) is 1. The highest BCUT2D eigenvalue weighted by Gasteiger charge is 2.19. The first kappa shape index (κ1) is 19.6. The molecule has 0 bridgehead atoms. The number of pyridine rings is 1. The minimum atomic E-state index is -0.215. The lowest BCUT2D eigenvalue weighted by Gasteiger charge is -2.15. The van der Waals surface area contributed by atoms with E-state index in [0.717, 1.165) is 16.5 Å². The fraction of sp³-hybridized carbons (Fsp3) is 0.273. The number of nitrogens with one attached hydrogen (secondary N) is 1. The first-order chi connectivity index (χ1) is 14.4. The van der Waals surface area contributed by atoms with Gasteiger partial charge in [-0.3, -0.25) is 4.79 Å². The lowest BCUT2D eigenvalue weighted by molar-refractivity contribution is -0.123. The maximum absolute atomic E-state index is 12.3. The van der Waals surface area contributed by atoms with Crippen LogP contribution in [-0.4, -0.2) is 32.3 Å². The van der Waals surface area contributed by atoms with Crippen LogP contribution in [0.15, 0.2) is 47.2 Å². The Bertz CT molecular complexity index is 1180. The third-order valence-corrected chi connectivity index (χ3v) is 4.91. The number of benzene rings is 1. The fourth-order valence-electron chi connectivity index (χ4n) is 3.33. The topological polar surface area (TPSA) is 95.1 Å². The van der Waals surface area contributed by atoms with Gasteiger partial charge in [-0.25, -0.2) is 9.67 Å². The van der Waals surface area contributed by atoms with Crippen LogP contribution in [0, 0.1) is 13.8 Å². The zero-order valence-corrected chi connectivity index (χ0v) is 17.3. The van der Waals surface area contributed by atoms with Crippen molar-refractivity contribution in [3.63, 3.8) is 0 Å². The molecule has 0 saturated carbocycles. The molecule has 0 saturated heterocycles. The molecule has 0 spiro atoms. The molecule has 3 aromatic heterocycles. The van der Waals surface area contributed by atoms with E-state index in [9.17, 15) is 4.79 Å². The molecule has 0 aliphatic carbocycles.